The summed E-state index contributed by atoms with van der Waals surface area (Å²) in [7, 11) is 1.91. The molecule has 6 nitrogen and oxygen atoms in total. The number of nitrogens with one attached hydrogen (secondary N) is 1. The second-order valence-corrected chi connectivity index (χ2v) is 6.69. The number of benzene rings is 2. The Morgan fingerprint density at radius 3 is 2.56 bits per heavy atom. The van der Waals surface area contributed by atoms with E-state index in [-0.39, 0.29) is 18.4 Å². The molecule has 2 aromatic carbocycles. The Morgan fingerprint density at radius 2 is 1.81 bits per heavy atom. The van der Waals surface area contributed by atoms with E-state index in [1.165, 1.54) is 0 Å². The highest BCUT2D eigenvalue weighted by Gasteiger charge is 2.19. The molecule has 1 saturated heterocycles. The van der Waals surface area contributed by atoms with Gasteiger partial charge in [-0.15, -0.1) is 0 Å². The molecule has 2 aromatic rings. The van der Waals surface area contributed by atoms with Crippen molar-refractivity contribution in [2.24, 2.45) is 0 Å². The van der Waals surface area contributed by atoms with Crippen molar-refractivity contribution in [3.8, 4) is 0 Å². The van der Waals surface area contributed by atoms with Crippen LogP contribution in [0.1, 0.15) is 15.9 Å². The van der Waals surface area contributed by atoms with Gasteiger partial charge in [-0.1, -0.05) is 36.4 Å². The molecular formula is C21H25N3O3. The van der Waals surface area contributed by atoms with Crippen LogP contribution in [-0.2, 0) is 16.1 Å². The lowest BCUT2D eigenvalue weighted by molar-refractivity contribution is -0.117. The summed E-state index contributed by atoms with van der Waals surface area (Å²) in [6, 6.07) is 17.1. The first-order valence-corrected chi connectivity index (χ1v) is 9.11. The molecule has 1 aliphatic rings. The highest BCUT2D eigenvalue weighted by Crippen LogP contribution is 2.14. The van der Waals surface area contributed by atoms with Crippen molar-refractivity contribution in [1.82, 2.24) is 9.80 Å². The number of anilines is 1. The first-order chi connectivity index (χ1) is 13.1. The topological polar surface area (TPSA) is 61.9 Å². The zero-order valence-corrected chi connectivity index (χ0v) is 15.6. The standard InChI is InChI=1S/C21H25N3O3/c1-23(15-17-6-3-2-4-7-17)16-20(25)22-19-9-5-8-18(14-19)21(26)24-10-12-27-13-11-24/h2-9,14H,10-13,15-16H2,1H3,(H,22,25). The molecule has 0 saturated carbocycles. The lowest BCUT2D eigenvalue weighted by atomic mass is 10.1. The third-order valence-electron chi connectivity index (χ3n) is 4.40. The van der Waals surface area contributed by atoms with Crippen LogP contribution in [0.3, 0.4) is 0 Å². The average Bonchev–Trinajstić information content (AvgIpc) is 2.69. The third-order valence-corrected chi connectivity index (χ3v) is 4.40. The van der Waals surface area contributed by atoms with E-state index in [2.05, 4.69) is 5.32 Å². The number of hydrogen-bond donors (Lipinski definition) is 1. The first kappa shape index (κ1) is 19.1. The van der Waals surface area contributed by atoms with E-state index in [9.17, 15) is 9.59 Å². The number of carbonyl (C=O) groups excluding carboxylic acids is 2. The predicted octanol–water partition coefficient (Wildman–Crippen LogP) is 2.23. The van der Waals surface area contributed by atoms with Crippen LogP contribution < -0.4 is 5.32 Å². The zero-order valence-electron chi connectivity index (χ0n) is 15.6. The smallest absolute Gasteiger partial charge is 0.254 e. The van der Waals surface area contributed by atoms with Crippen molar-refractivity contribution >= 4 is 17.5 Å². The number of carbonyl (C=O) groups is 2. The van der Waals surface area contributed by atoms with Crippen LogP contribution >= 0.6 is 0 Å². The molecule has 3 rings (SSSR count). The highest BCUT2D eigenvalue weighted by atomic mass is 16.5. The van der Waals surface area contributed by atoms with Crippen molar-refractivity contribution in [3.05, 3.63) is 65.7 Å². The van der Waals surface area contributed by atoms with Gasteiger partial charge in [0.25, 0.3) is 5.91 Å². The van der Waals surface area contributed by atoms with Crippen molar-refractivity contribution < 1.29 is 14.3 Å². The Labute approximate surface area is 159 Å². The van der Waals surface area contributed by atoms with Crippen molar-refractivity contribution in [2.45, 2.75) is 6.54 Å². The summed E-state index contributed by atoms with van der Waals surface area (Å²) in [6.45, 7) is 3.30. The van der Waals surface area contributed by atoms with E-state index in [1.807, 2.05) is 42.3 Å². The van der Waals surface area contributed by atoms with Crippen molar-refractivity contribution in [3.63, 3.8) is 0 Å². The third kappa shape index (κ3) is 5.64. The van der Waals surface area contributed by atoms with Gasteiger partial charge in [0.2, 0.25) is 5.91 Å². The molecule has 0 radical (unpaired) electrons. The number of likely N-dealkylation sites (N-methyl/N-ethyl adjacent to an activating group) is 1. The zero-order chi connectivity index (χ0) is 19.1. The molecular weight excluding hydrogens is 342 g/mol. The summed E-state index contributed by atoms with van der Waals surface area (Å²) in [5.74, 6) is -0.139. The highest BCUT2D eigenvalue weighted by molar-refractivity contribution is 5.97. The number of morpholine rings is 1. The fourth-order valence-electron chi connectivity index (χ4n) is 3.08. The van der Waals surface area contributed by atoms with Gasteiger partial charge in [-0.05, 0) is 30.8 Å². The normalized spacial score (nSPS) is 14.2. The Morgan fingerprint density at radius 1 is 1.07 bits per heavy atom. The molecule has 1 fully saturated rings. The molecule has 27 heavy (non-hydrogen) atoms. The van der Waals surface area contributed by atoms with Crippen LogP contribution in [0.25, 0.3) is 0 Å². The van der Waals surface area contributed by atoms with E-state index in [0.29, 0.717) is 44.1 Å². The number of nitrogens with zero attached hydrogens (tertiary/aromatic N) is 2. The molecule has 0 atom stereocenters. The lowest BCUT2D eigenvalue weighted by Crippen LogP contribution is -2.40. The van der Waals surface area contributed by atoms with E-state index in [1.54, 1.807) is 29.2 Å². The van der Waals surface area contributed by atoms with Gasteiger partial charge >= 0.3 is 0 Å². The largest absolute Gasteiger partial charge is 0.378 e. The van der Waals surface area contributed by atoms with Crippen molar-refractivity contribution in [2.75, 3.05) is 45.2 Å². The quantitative estimate of drug-likeness (QED) is 0.851. The maximum atomic E-state index is 12.6. The van der Waals surface area contributed by atoms with Crippen LogP contribution in [0, 0.1) is 0 Å². The van der Waals surface area contributed by atoms with Gasteiger partial charge in [-0.3, -0.25) is 14.5 Å². The van der Waals surface area contributed by atoms with Gasteiger partial charge < -0.3 is 15.0 Å². The number of amides is 2. The SMILES string of the molecule is CN(CC(=O)Nc1cccc(C(=O)N2CCOCC2)c1)Cc1ccccc1. The molecule has 0 bridgehead atoms. The fraction of sp³-hybridized carbons (Fsp3) is 0.333. The summed E-state index contributed by atoms with van der Waals surface area (Å²) in [6.07, 6.45) is 0. The Balaban J connectivity index is 1.55. The maximum absolute atomic E-state index is 12.6. The number of ether oxygens (including phenoxy) is 1. The summed E-state index contributed by atoms with van der Waals surface area (Å²) in [5, 5.41) is 2.88. The fourth-order valence-corrected chi connectivity index (χ4v) is 3.08. The molecule has 1 aliphatic heterocycles. The molecule has 142 valence electrons. The average molecular weight is 367 g/mol. The molecule has 0 aromatic heterocycles. The summed E-state index contributed by atoms with van der Waals surface area (Å²) in [5.41, 5.74) is 2.37. The molecule has 6 heteroatoms. The molecule has 0 aliphatic carbocycles. The van der Waals surface area contributed by atoms with E-state index < -0.39 is 0 Å². The van der Waals surface area contributed by atoms with Gasteiger partial charge in [0.05, 0.1) is 19.8 Å². The van der Waals surface area contributed by atoms with Crippen LogP contribution in [0.4, 0.5) is 5.69 Å². The van der Waals surface area contributed by atoms with Crippen LogP contribution in [0.15, 0.2) is 54.6 Å². The van der Waals surface area contributed by atoms with E-state index in [4.69, 9.17) is 4.74 Å². The molecule has 2 amide bonds. The molecule has 0 unspecified atom stereocenters. The number of rotatable bonds is 6. The van der Waals surface area contributed by atoms with Gasteiger partial charge in [0, 0.05) is 30.9 Å². The second-order valence-electron chi connectivity index (χ2n) is 6.69. The van der Waals surface area contributed by atoms with E-state index in [0.717, 1.165) is 5.56 Å². The van der Waals surface area contributed by atoms with Crippen LogP contribution in [0.2, 0.25) is 0 Å². The molecule has 1 heterocycles. The second kappa shape index (κ2) is 9.30. The minimum atomic E-state index is -0.107. The van der Waals surface area contributed by atoms with Gasteiger partial charge in [-0.2, -0.15) is 0 Å². The van der Waals surface area contributed by atoms with Crippen LogP contribution in [-0.4, -0.2) is 61.5 Å². The van der Waals surface area contributed by atoms with Gasteiger partial charge in [0.15, 0.2) is 0 Å². The van der Waals surface area contributed by atoms with Crippen molar-refractivity contribution in [1.29, 1.82) is 0 Å². The maximum Gasteiger partial charge on any atom is 0.254 e. The Kier molecular flexibility index (Phi) is 6.57. The minimum absolute atomic E-state index is 0.0319. The minimum Gasteiger partial charge on any atom is -0.378 e. The Bertz CT molecular complexity index is 773. The number of hydrogen-bond acceptors (Lipinski definition) is 4. The van der Waals surface area contributed by atoms with Gasteiger partial charge in [0.1, 0.15) is 0 Å². The summed E-state index contributed by atoms with van der Waals surface area (Å²) in [4.78, 5) is 28.6. The van der Waals surface area contributed by atoms with Gasteiger partial charge in [-0.25, -0.2) is 0 Å². The molecule has 0 spiro atoms. The lowest BCUT2D eigenvalue weighted by Gasteiger charge is -2.27. The molecule has 1 N–H and O–H groups in total. The van der Waals surface area contributed by atoms with E-state index >= 15 is 0 Å². The summed E-state index contributed by atoms with van der Waals surface area (Å²) >= 11 is 0. The predicted molar refractivity (Wildman–Crippen MR) is 105 cm³/mol. The monoisotopic (exact) mass is 367 g/mol. The first-order valence-electron chi connectivity index (χ1n) is 9.11. The van der Waals surface area contributed by atoms with Crippen LogP contribution in [0.5, 0.6) is 0 Å². The Hall–Kier alpha value is -2.70. The summed E-state index contributed by atoms with van der Waals surface area (Å²) < 4.78 is 5.29.